The fraction of sp³-hybridized carbons (Fsp3) is 0.464. The van der Waals surface area contributed by atoms with Gasteiger partial charge in [0.1, 0.15) is 11.5 Å². The van der Waals surface area contributed by atoms with Gasteiger partial charge in [-0.1, -0.05) is 6.42 Å². The van der Waals surface area contributed by atoms with Crippen molar-refractivity contribution in [1.82, 2.24) is 39.9 Å². The molecular weight excluding hydrogens is 532 g/mol. The van der Waals surface area contributed by atoms with Crippen molar-refractivity contribution in [2.75, 3.05) is 45.2 Å². The summed E-state index contributed by atoms with van der Waals surface area (Å²) in [4.78, 5) is 6.69. The molecule has 216 valence electrons. The van der Waals surface area contributed by atoms with Gasteiger partial charge in [0.05, 0.1) is 24.4 Å². The Balaban J connectivity index is 1.20. The highest BCUT2D eigenvalue weighted by Crippen LogP contribution is 2.32. The molecule has 2 N–H and O–H groups in total. The molecule has 3 aromatic heterocycles. The second-order valence-corrected chi connectivity index (χ2v) is 10.4. The number of anilines is 1. The van der Waals surface area contributed by atoms with E-state index in [1.807, 2.05) is 10.9 Å². The molecule has 2 saturated heterocycles. The summed E-state index contributed by atoms with van der Waals surface area (Å²) in [6.07, 6.45) is 11.5. The zero-order valence-corrected chi connectivity index (χ0v) is 22.8. The molecule has 0 saturated carbocycles. The Morgan fingerprint density at radius 3 is 2.68 bits per heavy atom. The van der Waals surface area contributed by atoms with Crippen molar-refractivity contribution in [2.24, 2.45) is 0 Å². The zero-order chi connectivity index (χ0) is 28.2. The average molecular weight is 566 g/mol. The molecular formula is C28H33F2N9O2. The van der Waals surface area contributed by atoms with Crippen LogP contribution in [0.15, 0.2) is 36.8 Å². The number of tetrazole rings is 1. The first-order valence-corrected chi connectivity index (χ1v) is 14.1. The molecule has 11 nitrogen and oxygen atoms in total. The molecule has 0 bridgehead atoms. The van der Waals surface area contributed by atoms with Crippen LogP contribution in [0.3, 0.4) is 0 Å². The molecule has 0 atom stereocenters. The van der Waals surface area contributed by atoms with E-state index in [9.17, 15) is 0 Å². The highest BCUT2D eigenvalue weighted by molar-refractivity contribution is 5.76. The molecule has 13 heteroatoms. The first kappa shape index (κ1) is 27.2. The lowest BCUT2D eigenvalue weighted by atomic mass is 10.1. The second-order valence-electron chi connectivity index (χ2n) is 10.4. The van der Waals surface area contributed by atoms with E-state index in [0.717, 1.165) is 54.7 Å². The van der Waals surface area contributed by atoms with Crippen molar-refractivity contribution in [2.45, 2.75) is 44.6 Å². The molecule has 2 fully saturated rings. The maximum Gasteiger partial charge on any atom is 0.202 e. The molecule has 2 aliphatic heterocycles. The maximum absolute atomic E-state index is 15.3. The number of piperidine rings is 1. The van der Waals surface area contributed by atoms with Crippen LogP contribution in [0, 0.1) is 11.6 Å². The lowest BCUT2D eigenvalue weighted by molar-refractivity contribution is 0.0662. The van der Waals surface area contributed by atoms with Crippen molar-refractivity contribution in [3.8, 4) is 34.0 Å². The number of hydrogen-bond donors (Lipinski definition) is 1. The number of rotatable bonds is 9. The summed E-state index contributed by atoms with van der Waals surface area (Å²) >= 11 is 0. The number of aromatic nitrogens is 7. The van der Waals surface area contributed by atoms with Gasteiger partial charge in [0.25, 0.3) is 0 Å². The van der Waals surface area contributed by atoms with Crippen LogP contribution in [0.25, 0.3) is 28.2 Å². The molecule has 0 unspecified atom stereocenters. The minimum atomic E-state index is -1.12. The highest BCUT2D eigenvalue weighted by Gasteiger charge is 2.23. The Kier molecular flexibility index (Phi) is 8.14. The van der Waals surface area contributed by atoms with Crippen molar-refractivity contribution in [3.05, 3.63) is 48.4 Å². The number of nitrogens with zero attached hydrogens (tertiary/aromatic N) is 8. The van der Waals surface area contributed by atoms with Crippen LogP contribution in [0.2, 0.25) is 0 Å². The van der Waals surface area contributed by atoms with Gasteiger partial charge in [-0.2, -0.15) is 14.2 Å². The van der Waals surface area contributed by atoms with Gasteiger partial charge in [0, 0.05) is 43.3 Å². The normalized spacial score (nSPS) is 16.7. The monoisotopic (exact) mass is 565 g/mol. The number of benzene rings is 1. The number of ether oxygens (including phenoxy) is 2. The molecule has 1 aromatic carbocycles. The number of pyridine rings is 1. The molecule has 0 radical (unpaired) electrons. The number of hydrogen-bond acceptors (Lipinski definition) is 9. The smallest absolute Gasteiger partial charge is 0.202 e. The average Bonchev–Trinajstić information content (AvgIpc) is 3.70. The summed E-state index contributed by atoms with van der Waals surface area (Å²) in [5, 5.41) is 16.2. The standard InChI is InChI=1S/C28H33F2N9O2/c29-25-23(5-6-24(26(25)30)41-12-4-11-37-9-2-1-3-10-37)39-28(34-35-36-39)22-15-19(16-32-27(22)31)20-17-33-38(18-20)21-7-13-40-14-8-21/h5-6,15-18,21H,1-4,7-14H2,(H2,31,32). The number of nitrogen functional groups attached to an aromatic ring is 1. The topological polar surface area (TPSA) is 122 Å². The zero-order valence-electron chi connectivity index (χ0n) is 22.8. The Hall–Kier alpha value is -3.97. The van der Waals surface area contributed by atoms with Crippen LogP contribution < -0.4 is 10.5 Å². The molecule has 0 spiro atoms. The van der Waals surface area contributed by atoms with E-state index in [1.54, 1.807) is 18.5 Å². The Bertz CT molecular complexity index is 1480. The van der Waals surface area contributed by atoms with Crippen LogP contribution in [0.1, 0.15) is 44.6 Å². The summed E-state index contributed by atoms with van der Waals surface area (Å²) in [6, 6.07) is 4.82. The molecule has 0 amide bonds. The lowest BCUT2D eigenvalue weighted by Crippen LogP contribution is -2.31. The van der Waals surface area contributed by atoms with Gasteiger partial charge in [0.2, 0.25) is 5.82 Å². The molecule has 4 aromatic rings. The van der Waals surface area contributed by atoms with Gasteiger partial charge in [-0.05, 0) is 73.8 Å². The Labute approximate surface area is 236 Å². The van der Waals surface area contributed by atoms with E-state index in [2.05, 4.69) is 30.5 Å². The van der Waals surface area contributed by atoms with Gasteiger partial charge < -0.3 is 20.1 Å². The van der Waals surface area contributed by atoms with Gasteiger partial charge in [-0.15, -0.1) is 5.10 Å². The Morgan fingerprint density at radius 2 is 1.85 bits per heavy atom. The number of nitrogens with two attached hydrogens (primary N) is 1. The summed E-state index contributed by atoms with van der Waals surface area (Å²) in [7, 11) is 0. The van der Waals surface area contributed by atoms with E-state index in [1.165, 1.54) is 31.4 Å². The van der Waals surface area contributed by atoms with E-state index in [0.29, 0.717) is 25.4 Å². The molecule has 41 heavy (non-hydrogen) atoms. The van der Waals surface area contributed by atoms with Crippen LogP contribution in [0.5, 0.6) is 5.75 Å². The van der Waals surface area contributed by atoms with Crippen molar-refractivity contribution >= 4 is 5.82 Å². The van der Waals surface area contributed by atoms with E-state index in [-0.39, 0.29) is 29.1 Å². The quantitative estimate of drug-likeness (QED) is 0.300. The number of likely N-dealkylation sites (tertiary alicyclic amines) is 1. The molecule has 2 aliphatic rings. The van der Waals surface area contributed by atoms with Gasteiger partial charge >= 0.3 is 0 Å². The largest absolute Gasteiger partial charge is 0.490 e. The predicted molar refractivity (Wildman–Crippen MR) is 147 cm³/mol. The van der Waals surface area contributed by atoms with Crippen LogP contribution in [0.4, 0.5) is 14.6 Å². The SMILES string of the molecule is Nc1ncc(-c2cnn(C3CCOCC3)c2)cc1-c1nnnn1-c1ccc(OCCCN2CCCCC2)c(F)c1F. The second kappa shape index (κ2) is 12.3. The third-order valence-electron chi connectivity index (χ3n) is 7.71. The van der Waals surface area contributed by atoms with E-state index < -0.39 is 11.6 Å². The molecule has 6 rings (SSSR count). The minimum absolute atomic E-state index is 0.127. The van der Waals surface area contributed by atoms with Gasteiger partial charge in [0.15, 0.2) is 17.4 Å². The van der Waals surface area contributed by atoms with Crippen molar-refractivity contribution in [1.29, 1.82) is 0 Å². The number of halogens is 2. The summed E-state index contributed by atoms with van der Waals surface area (Å²) in [6.45, 7) is 4.74. The highest BCUT2D eigenvalue weighted by atomic mass is 19.2. The van der Waals surface area contributed by atoms with Crippen molar-refractivity contribution in [3.63, 3.8) is 0 Å². The summed E-state index contributed by atoms with van der Waals surface area (Å²) in [5.74, 6) is -2.09. The molecule has 0 aliphatic carbocycles. The van der Waals surface area contributed by atoms with Crippen LogP contribution in [-0.4, -0.2) is 79.3 Å². The van der Waals surface area contributed by atoms with Gasteiger partial charge in [-0.3, -0.25) is 4.68 Å². The third kappa shape index (κ3) is 5.91. The lowest BCUT2D eigenvalue weighted by Gasteiger charge is -2.26. The maximum atomic E-state index is 15.3. The first-order chi connectivity index (χ1) is 20.1. The van der Waals surface area contributed by atoms with Gasteiger partial charge in [-0.25, -0.2) is 9.37 Å². The third-order valence-corrected chi connectivity index (χ3v) is 7.71. The summed E-state index contributed by atoms with van der Waals surface area (Å²) in [5.41, 5.74) is 7.98. The van der Waals surface area contributed by atoms with Crippen molar-refractivity contribution < 1.29 is 18.3 Å². The van der Waals surface area contributed by atoms with Crippen LogP contribution in [-0.2, 0) is 4.74 Å². The predicted octanol–water partition coefficient (Wildman–Crippen LogP) is 4.05. The first-order valence-electron chi connectivity index (χ1n) is 14.1. The van der Waals surface area contributed by atoms with Crippen LogP contribution >= 0.6 is 0 Å². The Morgan fingerprint density at radius 1 is 1.02 bits per heavy atom. The van der Waals surface area contributed by atoms with E-state index >= 15 is 8.78 Å². The minimum Gasteiger partial charge on any atom is -0.490 e. The fourth-order valence-corrected chi connectivity index (χ4v) is 5.42. The summed E-state index contributed by atoms with van der Waals surface area (Å²) < 4.78 is 44.4. The fourth-order valence-electron chi connectivity index (χ4n) is 5.42. The molecule has 5 heterocycles. The van der Waals surface area contributed by atoms with E-state index in [4.69, 9.17) is 15.2 Å².